The van der Waals surface area contributed by atoms with Crippen molar-refractivity contribution in [3.63, 3.8) is 0 Å². The van der Waals surface area contributed by atoms with E-state index in [-0.39, 0.29) is 68.3 Å². The van der Waals surface area contributed by atoms with Crippen molar-refractivity contribution in [2.45, 2.75) is 124 Å². The molecule has 2 aliphatic carbocycles. The number of Topliss-reactive ketones (excluding diaryl/α,β-unsaturated/α-hetero) is 2. The number of sulfonamides is 2. The van der Waals surface area contributed by atoms with E-state index in [4.69, 9.17) is 9.31 Å². The van der Waals surface area contributed by atoms with Crippen LogP contribution in [0.3, 0.4) is 0 Å². The molecule has 2 N–H and O–H groups in total. The molecule has 0 unspecified atom stereocenters. The lowest BCUT2D eigenvalue weighted by Crippen LogP contribution is -2.41. The minimum Gasteiger partial charge on any atom is -0.399 e. The van der Waals surface area contributed by atoms with E-state index in [0.29, 0.717) is 46.8 Å². The van der Waals surface area contributed by atoms with Crippen LogP contribution in [-0.2, 0) is 62.6 Å². The fourth-order valence-corrected chi connectivity index (χ4v) is 13.4. The van der Waals surface area contributed by atoms with E-state index in [1.165, 1.54) is 48.5 Å². The van der Waals surface area contributed by atoms with Crippen molar-refractivity contribution in [1.82, 2.24) is 9.44 Å². The first-order valence-corrected chi connectivity index (χ1v) is 29.6. The molecule has 0 spiro atoms. The number of carbonyl (C=O) groups is 4. The van der Waals surface area contributed by atoms with Crippen molar-refractivity contribution < 1.29 is 81.8 Å². The predicted octanol–water partition coefficient (Wildman–Crippen LogP) is 9.60. The number of halogens is 5. The summed E-state index contributed by atoms with van der Waals surface area (Å²) in [6, 6.07) is 29.6. The summed E-state index contributed by atoms with van der Waals surface area (Å²) in [5.74, 6) is -1.42. The summed E-state index contributed by atoms with van der Waals surface area (Å²) in [6.07, 6.45) is -4.49. The highest BCUT2D eigenvalue weighted by molar-refractivity contribution is 9.10. The average Bonchev–Trinajstić information content (AvgIpc) is 2.70. The SMILES string of the molecule is Cc1ccc(CC(=O)C2(c3ccc4c(c3)OC(F)(F)O4)CC2)cc1-c1ccc2c(c1)S(=O)(=O)NC2=O.Cc1ccc(CC(=O)C2(c3ccc4c(c3)OC(F)(F)O4)CC2)cc1B1OC(C)(C)C(C)(C)O1.O=C1NS(=O)(=O)c2cc(Br)ccc21. The van der Waals surface area contributed by atoms with Crippen LogP contribution in [0.15, 0.2) is 123 Å². The molecule has 82 heavy (non-hydrogen) atoms. The van der Waals surface area contributed by atoms with Crippen molar-refractivity contribution in [1.29, 1.82) is 0 Å². The second-order valence-electron chi connectivity index (χ2n) is 22.2. The number of hydrogen-bond acceptors (Lipinski definition) is 14. The molecule has 16 nitrogen and oxygen atoms in total. The van der Waals surface area contributed by atoms with Gasteiger partial charge in [-0.25, -0.2) is 26.3 Å². The second kappa shape index (κ2) is 19.5. The Morgan fingerprint density at radius 2 is 0.976 bits per heavy atom. The van der Waals surface area contributed by atoms with Gasteiger partial charge in [0.05, 0.1) is 33.2 Å². The van der Waals surface area contributed by atoms with E-state index in [1.54, 1.807) is 24.3 Å². The van der Waals surface area contributed by atoms with E-state index in [2.05, 4.69) is 34.9 Å². The zero-order chi connectivity index (χ0) is 58.9. The maximum absolute atomic E-state index is 13.4. The molecule has 0 aromatic heterocycles. The Morgan fingerprint density at radius 3 is 1.46 bits per heavy atom. The predicted molar refractivity (Wildman–Crippen MR) is 291 cm³/mol. The van der Waals surface area contributed by atoms with Gasteiger partial charge in [-0.05, 0) is 166 Å². The number of alkyl halides is 4. The minimum absolute atomic E-state index is 0.0161. The highest BCUT2D eigenvalue weighted by Gasteiger charge is 2.55. The molecule has 2 saturated carbocycles. The lowest BCUT2D eigenvalue weighted by Gasteiger charge is -2.32. The van der Waals surface area contributed by atoms with Crippen LogP contribution < -0.4 is 33.9 Å². The number of nitrogens with one attached hydrogen (secondary N) is 2. The van der Waals surface area contributed by atoms with Crippen LogP contribution in [-0.4, -0.2) is 71.1 Å². The lowest BCUT2D eigenvalue weighted by molar-refractivity contribution is -0.287. The van der Waals surface area contributed by atoms with Crippen LogP contribution in [0.2, 0.25) is 0 Å². The van der Waals surface area contributed by atoms with Gasteiger partial charge >= 0.3 is 19.7 Å². The zero-order valence-corrected chi connectivity index (χ0v) is 47.9. The number of carbonyl (C=O) groups excluding carboxylic acids is 4. The number of ether oxygens (including phenoxy) is 4. The van der Waals surface area contributed by atoms with Crippen molar-refractivity contribution in [2.24, 2.45) is 0 Å². The molecule has 426 valence electrons. The van der Waals surface area contributed by atoms with Gasteiger partial charge in [-0.15, -0.1) is 17.6 Å². The smallest absolute Gasteiger partial charge is 0.399 e. The van der Waals surface area contributed by atoms with E-state index in [0.717, 1.165) is 33.3 Å². The number of aryl methyl sites for hydroxylation is 2. The van der Waals surface area contributed by atoms with Gasteiger partial charge in [0.25, 0.3) is 31.9 Å². The molecular weight excluding hydrogens is 1180 g/mol. The Morgan fingerprint density at radius 1 is 0.537 bits per heavy atom. The van der Waals surface area contributed by atoms with Crippen LogP contribution in [0.5, 0.6) is 23.0 Å². The second-order valence-corrected chi connectivity index (χ2v) is 26.4. The topological polar surface area (TPSA) is 216 Å². The highest BCUT2D eigenvalue weighted by atomic mass is 79.9. The maximum Gasteiger partial charge on any atom is 0.586 e. The summed E-state index contributed by atoms with van der Waals surface area (Å²) >= 11 is 3.13. The van der Waals surface area contributed by atoms with Gasteiger partial charge in [0.2, 0.25) is 0 Å². The Kier molecular flexibility index (Phi) is 13.5. The molecule has 0 atom stereocenters. The molecule has 0 bridgehead atoms. The molecule has 5 aliphatic heterocycles. The molecule has 6 aromatic carbocycles. The van der Waals surface area contributed by atoms with Crippen molar-refractivity contribution in [2.75, 3.05) is 0 Å². The van der Waals surface area contributed by atoms with Gasteiger partial charge in [0, 0.05) is 17.3 Å². The first-order chi connectivity index (χ1) is 38.3. The molecule has 3 fully saturated rings. The third-order valence-electron chi connectivity index (χ3n) is 16.1. The van der Waals surface area contributed by atoms with E-state index in [9.17, 15) is 53.6 Å². The summed E-state index contributed by atoms with van der Waals surface area (Å²) < 4.78 is 136. The molecular formula is C58H50BBrF4N2O14S2. The highest BCUT2D eigenvalue weighted by Crippen LogP contribution is 2.54. The molecule has 7 aliphatic rings. The standard InChI is InChI=1S/C26H19F2NO6S.C25H27BF2O5.C7H4BrNO3S/c1-14-2-3-15(10-19(14)16-4-6-18-22(12-16)36(32,33)29-24(18)31)11-23(30)25(8-9-25)17-5-7-20-21(13-17)35-26(27,28)34-20;1-15-6-7-16(12-18(15)26-32-22(2,3)23(4,5)33-26)13-21(29)24(10-11-24)17-8-9-19-20(14-17)31-25(27,28)30-19;8-4-1-2-5-6(3-4)13(11,12)9-7(5)10/h2-7,10,12-13H,8-9,11H2,1H3,(H,29,31);6-9,12,14H,10-11,13H2,1-5H3;1-3H,(H,9,10). The summed E-state index contributed by atoms with van der Waals surface area (Å²) in [5, 5.41) is 0. The van der Waals surface area contributed by atoms with Crippen molar-refractivity contribution in [3.05, 3.63) is 158 Å². The van der Waals surface area contributed by atoms with E-state index in [1.807, 2.05) is 87.4 Å². The lowest BCUT2D eigenvalue weighted by atomic mass is 9.75. The number of rotatable bonds is 10. The number of ketones is 2. The maximum atomic E-state index is 13.4. The Balaban J connectivity index is 0.000000142. The first-order valence-electron chi connectivity index (χ1n) is 25.8. The Bertz CT molecular complexity index is 3980. The fourth-order valence-electron chi connectivity index (χ4n) is 10.5. The Hall–Kier alpha value is -7.12. The van der Waals surface area contributed by atoms with Gasteiger partial charge in [-0.2, -0.15) is 0 Å². The first kappa shape index (κ1) is 56.7. The van der Waals surface area contributed by atoms with E-state index >= 15 is 0 Å². The number of benzene rings is 6. The van der Waals surface area contributed by atoms with Gasteiger partial charge in [-0.1, -0.05) is 76.1 Å². The third-order valence-corrected chi connectivity index (χ3v) is 19.4. The van der Waals surface area contributed by atoms with Crippen LogP contribution in [0.1, 0.15) is 107 Å². The largest absolute Gasteiger partial charge is 0.586 e. The third kappa shape index (κ3) is 10.4. The van der Waals surface area contributed by atoms with E-state index < -0.39 is 73.6 Å². The number of amides is 2. The van der Waals surface area contributed by atoms with Crippen molar-refractivity contribution >= 4 is 71.9 Å². The molecule has 5 heterocycles. The van der Waals surface area contributed by atoms with Crippen LogP contribution >= 0.6 is 15.9 Å². The van der Waals surface area contributed by atoms with Crippen LogP contribution in [0.25, 0.3) is 11.1 Å². The molecule has 1 saturated heterocycles. The monoisotopic (exact) mass is 1230 g/mol. The molecule has 6 aromatic rings. The quantitative estimate of drug-likeness (QED) is 0.0965. The summed E-state index contributed by atoms with van der Waals surface area (Å²) in [7, 11) is -8.01. The molecule has 2 amide bonds. The summed E-state index contributed by atoms with van der Waals surface area (Å²) in [6.45, 7) is 11.9. The van der Waals surface area contributed by atoms with Gasteiger partial charge in [0.1, 0.15) is 21.4 Å². The van der Waals surface area contributed by atoms with Gasteiger partial charge in [-0.3, -0.25) is 19.2 Å². The summed E-state index contributed by atoms with van der Waals surface area (Å²) in [4.78, 5) is 49.7. The summed E-state index contributed by atoms with van der Waals surface area (Å²) in [5.41, 5.74) is 5.01. The molecule has 13 rings (SSSR count). The normalized spacial score (nSPS) is 20.6. The average molecular weight is 1230 g/mol. The number of fused-ring (bicyclic) bond motifs is 4. The number of hydrogen-bond donors (Lipinski definition) is 2. The van der Waals surface area contributed by atoms with Gasteiger partial charge < -0.3 is 28.3 Å². The zero-order valence-electron chi connectivity index (χ0n) is 44.6. The minimum atomic E-state index is -3.90. The Labute approximate surface area is 477 Å². The molecule has 0 radical (unpaired) electrons. The van der Waals surface area contributed by atoms with Crippen molar-refractivity contribution in [3.8, 4) is 34.1 Å². The fraction of sp³-hybridized carbons (Fsp3) is 0.310. The van der Waals surface area contributed by atoms with Crippen LogP contribution in [0, 0.1) is 13.8 Å². The van der Waals surface area contributed by atoms with Crippen LogP contribution in [0.4, 0.5) is 17.6 Å². The van der Waals surface area contributed by atoms with Gasteiger partial charge in [0.15, 0.2) is 23.0 Å². The molecule has 24 heteroatoms.